The molecule has 2 unspecified atom stereocenters. The van der Waals surface area contributed by atoms with Crippen LogP contribution in [-0.4, -0.2) is 53.1 Å². The first-order valence-corrected chi connectivity index (χ1v) is 8.33. The minimum atomic E-state index is -0.701. The Labute approximate surface area is 126 Å². The third-order valence-electron chi connectivity index (χ3n) is 6.12. The fraction of sp³-hybridized carbons (Fsp3) is 0.875. The third-order valence-corrected chi connectivity index (χ3v) is 6.12. The number of hydrogen-bond acceptors (Lipinski definition) is 2. The van der Waals surface area contributed by atoms with Crippen molar-refractivity contribution in [2.45, 2.75) is 45.4 Å². The summed E-state index contributed by atoms with van der Waals surface area (Å²) in [5, 5.41) is 9.42. The number of carboxylic acids is 1. The van der Waals surface area contributed by atoms with Gasteiger partial charge in [-0.15, -0.1) is 0 Å². The number of urea groups is 1. The Morgan fingerprint density at radius 2 is 1.67 bits per heavy atom. The molecule has 3 rings (SSSR count). The third kappa shape index (κ3) is 2.51. The van der Waals surface area contributed by atoms with E-state index in [-0.39, 0.29) is 6.03 Å². The van der Waals surface area contributed by atoms with Gasteiger partial charge in [-0.05, 0) is 43.9 Å². The molecular formula is C16H26N2O3. The highest BCUT2D eigenvalue weighted by atomic mass is 16.4. The number of amides is 2. The summed E-state index contributed by atoms with van der Waals surface area (Å²) in [5.41, 5.74) is -0.613. The first-order valence-electron chi connectivity index (χ1n) is 8.33. The van der Waals surface area contributed by atoms with Crippen molar-refractivity contribution in [2.24, 2.45) is 17.3 Å². The smallest absolute Gasteiger partial charge is 0.320 e. The van der Waals surface area contributed by atoms with E-state index in [1.165, 1.54) is 19.3 Å². The van der Waals surface area contributed by atoms with Crippen LogP contribution in [0.1, 0.15) is 45.4 Å². The van der Waals surface area contributed by atoms with Gasteiger partial charge in [-0.3, -0.25) is 4.79 Å². The minimum absolute atomic E-state index is 0.138. The quantitative estimate of drug-likeness (QED) is 0.851. The van der Waals surface area contributed by atoms with Crippen molar-refractivity contribution in [1.29, 1.82) is 0 Å². The van der Waals surface area contributed by atoms with Gasteiger partial charge in [0.2, 0.25) is 0 Å². The van der Waals surface area contributed by atoms with Crippen LogP contribution in [0.25, 0.3) is 0 Å². The molecular weight excluding hydrogens is 268 g/mol. The van der Waals surface area contributed by atoms with Gasteiger partial charge in [0.15, 0.2) is 0 Å². The summed E-state index contributed by atoms with van der Waals surface area (Å²) in [6, 6.07) is 0.138. The highest BCUT2D eigenvalue weighted by Gasteiger charge is 2.43. The van der Waals surface area contributed by atoms with Crippen molar-refractivity contribution in [3.8, 4) is 0 Å². The Bertz CT molecular complexity index is 417. The van der Waals surface area contributed by atoms with Crippen molar-refractivity contribution in [3.05, 3.63) is 0 Å². The number of piperidine rings is 1. The number of likely N-dealkylation sites (tertiary alicyclic amines) is 2. The normalized spacial score (nSPS) is 31.3. The lowest BCUT2D eigenvalue weighted by molar-refractivity contribution is -0.152. The number of carbonyl (C=O) groups is 2. The van der Waals surface area contributed by atoms with Gasteiger partial charge in [-0.2, -0.15) is 0 Å². The van der Waals surface area contributed by atoms with Gasteiger partial charge in [-0.1, -0.05) is 13.3 Å². The standard InChI is InChI=1S/C16H26N2O3/c1-2-16(14(19)20)6-8-17(9-7-16)15(21)18-10-12-4-3-5-13(12)11-18/h12-13H,2-11H2,1H3,(H,19,20). The van der Waals surface area contributed by atoms with E-state index in [9.17, 15) is 14.7 Å². The van der Waals surface area contributed by atoms with E-state index in [2.05, 4.69) is 0 Å². The van der Waals surface area contributed by atoms with E-state index in [4.69, 9.17) is 0 Å². The second kappa shape index (κ2) is 5.50. The van der Waals surface area contributed by atoms with Crippen molar-refractivity contribution < 1.29 is 14.7 Å². The largest absolute Gasteiger partial charge is 0.481 e. The van der Waals surface area contributed by atoms with E-state index in [1.54, 1.807) is 0 Å². The van der Waals surface area contributed by atoms with E-state index in [0.717, 1.165) is 13.1 Å². The zero-order valence-corrected chi connectivity index (χ0v) is 12.9. The molecule has 0 aromatic rings. The van der Waals surface area contributed by atoms with Crippen LogP contribution < -0.4 is 0 Å². The fourth-order valence-corrected chi connectivity index (χ4v) is 4.44. The number of aliphatic carboxylic acids is 1. The van der Waals surface area contributed by atoms with Crippen LogP contribution in [0.5, 0.6) is 0 Å². The van der Waals surface area contributed by atoms with Crippen molar-refractivity contribution in [3.63, 3.8) is 0 Å². The average molecular weight is 294 g/mol. The van der Waals surface area contributed by atoms with E-state index >= 15 is 0 Å². The maximum absolute atomic E-state index is 12.6. The van der Waals surface area contributed by atoms with Gasteiger partial charge in [0, 0.05) is 26.2 Å². The molecule has 1 N–H and O–H groups in total. The molecule has 118 valence electrons. The van der Waals surface area contributed by atoms with Crippen LogP contribution >= 0.6 is 0 Å². The van der Waals surface area contributed by atoms with Gasteiger partial charge >= 0.3 is 12.0 Å². The molecule has 21 heavy (non-hydrogen) atoms. The van der Waals surface area contributed by atoms with E-state index < -0.39 is 11.4 Å². The minimum Gasteiger partial charge on any atom is -0.481 e. The molecule has 2 saturated heterocycles. The summed E-state index contributed by atoms with van der Waals surface area (Å²) in [6.07, 6.45) is 5.69. The second-order valence-corrected chi connectivity index (χ2v) is 7.06. The molecule has 1 aliphatic carbocycles. The second-order valence-electron chi connectivity index (χ2n) is 7.06. The van der Waals surface area contributed by atoms with Crippen molar-refractivity contribution in [2.75, 3.05) is 26.2 Å². The predicted octanol–water partition coefficient (Wildman–Crippen LogP) is 2.42. The van der Waals surface area contributed by atoms with Gasteiger partial charge in [0.1, 0.15) is 0 Å². The lowest BCUT2D eigenvalue weighted by Gasteiger charge is -2.39. The summed E-state index contributed by atoms with van der Waals surface area (Å²) in [5.74, 6) is 0.729. The van der Waals surface area contributed by atoms with Gasteiger partial charge < -0.3 is 14.9 Å². The SMILES string of the molecule is CCC1(C(=O)O)CCN(C(=O)N2CC3CCCC3C2)CC1. The molecule has 0 aromatic carbocycles. The zero-order chi connectivity index (χ0) is 15.0. The Hall–Kier alpha value is -1.26. The molecule has 3 aliphatic rings. The number of nitrogens with zero attached hydrogens (tertiary/aromatic N) is 2. The molecule has 1 saturated carbocycles. The van der Waals surface area contributed by atoms with Crippen molar-refractivity contribution >= 4 is 12.0 Å². The first-order chi connectivity index (χ1) is 10.1. The lowest BCUT2D eigenvalue weighted by atomic mass is 9.76. The molecule has 5 nitrogen and oxygen atoms in total. The molecule has 2 heterocycles. The molecule has 0 bridgehead atoms. The zero-order valence-electron chi connectivity index (χ0n) is 12.9. The summed E-state index contributed by atoms with van der Waals surface area (Å²) in [7, 11) is 0. The molecule has 0 aromatic heterocycles. The van der Waals surface area contributed by atoms with Crippen LogP contribution in [-0.2, 0) is 4.79 Å². The Balaban J connectivity index is 1.57. The Morgan fingerprint density at radius 3 is 2.14 bits per heavy atom. The average Bonchev–Trinajstić information content (AvgIpc) is 3.07. The van der Waals surface area contributed by atoms with Gasteiger partial charge in [-0.25, -0.2) is 4.79 Å². The Morgan fingerprint density at radius 1 is 1.10 bits per heavy atom. The highest BCUT2D eigenvalue weighted by molar-refractivity contribution is 5.77. The maximum atomic E-state index is 12.6. The lowest BCUT2D eigenvalue weighted by Crippen LogP contribution is -2.50. The topological polar surface area (TPSA) is 60.9 Å². The predicted molar refractivity (Wildman–Crippen MR) is 79.0 cm³/mol. The number of carbonyl (C=O) groups excluding carboxylic acids is 1. The molecule has 2 amide bonds. The van der Waals surface area contributed by atoms with E-state index in [1.807, 2.05) is 16.7 Å². The first kappa shape index (κ1) is 14.7. The molecule has 0 spiro atoms. The molecule has 2 aliphatic heterocycles. The van der Waals surface area contributed by atoms with Crippen molar-refractivity contribution in [1.82, 2.24) is 9.80 Å². The molecule has 0 radical (unpaired) electrons. The molecule has 2 atom stereocenters. The number of fused-ring (bicyclic) bond motifs is 1. The van der Waals surface area contributed by atoms with Crippen LogP contribution in [0.3, 0.4) is 0 Å². The number of hydrogen-bond donors (Lipinski definition) is 1. The van der Waals surface area contributed by atoms with Crippen LogP contribution in [0.2, 0.25) is 0 Å². The van der Waals surface area contributed by atoms with Crippen LogP contribution in [0.4, 0.5) is 4.79 Å². The summed E-state index contributed by atoms with van der Waals surface area (Å²) in [4.78, 5) is 27.9. The monoisotopic (exact) mass is 294 g/mol. The van der Waals surface area contributed by atoms with Gasteiger partial charge in [0.05, 0.1) is 5.41 Å². The van der Waals surface area contributed by atoms with E-state index in [0.29, 0.717) is 44.2 Å². The molecule has 3 fully saturated rings. The molecule has 5 heteroatoms. The Kier molecular flexibility index (Phi) is 3.84. The van der Waals surface area contributed by atoms with Crippen LogP contribution in [0.15, 0.2) is 0 Å². The fourth-order valence-electron chi connectivity index (χ4n) is 4.44. The summed E-state index contributed by atoms with van der Waals surface area (Å²) in [6.45, 7) is 4.94. The maximum Gasteiger partial charge on any atom is 0.320 e. The number of rotatable bonds is 2. The summed E-state index contributed by atoms with van der Waals surface area (Å²) < 4.78 is 0. The number of carboxylic acid groups (broad SMARTS) is 1. The van der Waals surface area contributed by atoms with Crippen LogP contribution in [0, 0.1) is 17.3 Å². The highest BCUT2D eigenvalue weighted by Crippen LogP contribution is 2.39. The summed E-state index contributed by atoms with van der Waals surface area (Å²) >= 11 is 0. The van der Waals surface area contributed by atoms with Gasteiger partial charge in [0.25, 0.3) is 0 Å².